The van der Waals surface area contributed by atoms with Crippen LogP contribution in [0.15, 0.2) is 60.9 Å². The lowest BCUT2D eigenvalue weighted by Crippen LogP contribution is -2.38. The van der Waals surface area contributed by atoms with Gasteiger partial charge in [-0.1, -0.05) is 43.3 Å². The van der Waals surface area contributed by atoms with Crippen molar-refractivity contribution in [3.05, 3.63) is 77.9 Å². The van der Waals surface area contributed by atoms with E-state index in [2.05, 4.69) is 4.98 Å². The summed E-state index contributed by atoms with van der Waals surface area (Å²) in [6.45, 7) is 1.97. The molecule has 2 aromatic carbocycles. The highest BCUT2D eigenvalue weighted by Crippen LogP contribution is 2.35. The summed E-state index contributed by atoms with van der Waals surface area (Å²) < 4.78 is 14.3. The molecule has 0 fully saturated rings. The van der Waals surface area contributed by atoms with Gasteiger partial charge in [0.1, 0.15) is 5.82 Å². The highest BCUT2D eigenvalue weighted by molar-refractivity contribution is 5.86. The molecule has 0 saturated heterocycles. The Kier molecular flexibility index (Phi) is 3.43. The van der Waals surface area contributed by atoms with E-state index >= 15 is 0 Å². The molecule has 0 bridgehead atoms. The predicted molar refractivity (Wildman–Crippen MR) is 83.4 cm³/mol. The minimum atomic E-state index is -0.867. The van der Waals surface area contributed by atoms with E-state index in [1.807, 2.05) is 37.3 Å². The number of pyridine rings is 1. The van der Waals surface area contributed by atoms with E-state index in [9.17, 15) is 4.39 Å². The molecule has 3 rings (SSSR count). The van der Waals surface area contributed by atoms with Gasteiger partial charge in [-0.2, -0.15) is 0 Å². The largest absolute Gasteiger partial charge is 0.318 e. The number of benzene rings is 2. The van der Waals surface area contributed by atoms with Gasteiger partial charge in [-0.25, -0.2) is 4.39 Å². The molecular weight excluding hydrogens is 263 g/mol. The summed E-state index contributed by atoms with van der Waals surface area (Å²) >= 11 is 0. The van der Waals surface area contributed by atoms with E-state index in [1.54, 1.807) is 24.5 Å². The number of aromatic nitrogens is 1. The Labute approximate surface area is 123 Å². The van der Waals surface area contributed by atoms with Crippen molar-refractivity contribution < 1.29 is 4.39 Å². The summed E-state index contributed by atoms with van der Waals surface area (Å²) in [5, 5.41) is 2.02. The van der Waals surface area contributed by atoms with Crippen LogP contribution in [-0.4, -0.2) is 4.98 Å². The highest BCUT2D eigenvalue weighted by Gasteiger charge is 2.31. The Morgan fingerprint density at radius 1 is 1.05 bits per heavy atom. The smallest absolute Gasteiger partial charge is 0.128 e. The fourth-order valence-corrected chi connectivity index (χ4v) is 2.85. The highest BCUT2D eigenvalue weighted by atomic mass is 19.1. The summed E-state index contributed by atoms with van der Waals surface area (Å²) in [7, 11) is 0. The minimum absolute atomic E-state index is 0.275. The first-order valence-electron chi connectivity index (χ1n) is 7.04. The van der Waals surface area contributed by atoms with Gasteiger partial charge in [0.05, 0.1) is 5.54 Å². The van der Waals surface area contributed by atoms with Crippen LogP contribution in [0.3, 0.4) is 0 Å². The molecule has 0 saturated carbocycles. The number of nitrogens with two attached hydrogens (primary N) is 1. The molecule has 0 aliphatic rings. The summed E-state index contributed by atoms with van der Waals surface area (Å²) in [5.74, 6) is -0.275. The average Bonchev–Trinajstić information content (AvgIpc) is 2.54. The van der Waals surface area contributed by atoms with Crippen molar-refractivity contribution in [2.75, 3.05) is 0 Å². The average molecular weight is 280 g/mol. The summed E-state index contributed by atoms with van der Waals surface area (Å²) in [4.78, 5) is 4.19. The van der Waals surface area contributed by atoms with Crippen molar-refractivity contribution in [1.82, 2.24) is 4.98 Å². The van der Waals surface area contributed by atoms with E-state index in [-0.39, 0.29) is 5.82 Å². The first kappa shape index (κ1) is 13.7. The number of hydrogen-bond donors (Lipinski definition) is 1. The van der Waals surface area contributed by atoms with Crippen LogP contribution in [0.5, 0.6) is 0 Å². The van der Waals surface area contributed by atoms with E-state index < -0.39 is 5.54 Å². The van der Waals surface area contributed by atoms with E-state index in [0.717, 1.165) is 16.3 Å². The topological polar surface area (TPSA) is 38.9 Å². The van der Waals surface area contributed by atoms with Crippen LogP contribution >= 0.6 is 0 Å². The van der Waals surface area contributed by atoms with Gasteiger partial charge < -0.3 is 5.73 Å². The van der Waals surface area contributed by atoms with Gasteiger partial charge in [-0.15, -0.1) is 0 Å². The molecule has 2 N–H and O–H groups in total. The van der Waals surface area contributed by atoms with Gasteiger partial charge in [0.25, 0.3) is 0 Å². The molecule has 21 heavy (non-hydrogen) atoms. The third-order valence-corrected chi connectivity index (χ3v) is 4.08. The molecule has 1 heterocycles. The molecular formula is C18H17FN2. The zero-order valence-corrected chi connectivity index (χ0v) is 11.9. The lowest BCUT2D eigenvalue weighted by atomic mass is 9.79. The van der Waals surface area contributed by atoms with Crippen LogP contribution in [0.4, 0.5) is 4.39 Å². The van der Waals surface area contributed by atoms with Gasteiger partial charge in [-0.05, 0) is 29.5 Å². The lowest BCUT2D eigenvalue weighted by molar-refractivity contribution is 0.482. The standard InChI is InChI=1S/C18H17FN2/c1-2-18(20,16-7-3-4-9-17(16)19)15-8-5-6-13-10-11-21-12-14(13)15/h3-12H,2,20H2,1H3. The van der Waals surface area contributed by atoms with Crippen LogP contribution < -0.4 is 5.73 Å². The maximum absolute atomic E-state index is 14.3. The van der Waals surface area contributed by atoms with Gasteiger partial charge in [0.15, 0.2) is 0 Å². The zero-order valence-electron chi connectivity index (χ0n) is 11.9. The number of fused-ring (bicyclic) bond motifs is 1. The van der Waals surface area contributed by atoms with Crippen LogP contribution in [-0.2, 0) is 5.54 Å². The third-order valence-electron chi connectivity index (χ3n) is 4.08. The molecule has 3 aromatic rings. The molecule has 2 nitrogen and oxygen atoms in total. The van der Waals surface area contributed by atoms with Crippen molar-refractivity contribution in [2.45, 2.75) is 18.9 Å². The molecule has 0 spiro atoms. The molecule has 1 unspecified atom stereocenters. The minimum Gasteiger partial charge on any atom is -0.318 e. The lowest BCUT2D eigenvalue weighted by Gasteiger charge is -2.31. The molecule has 0 aliphatic heterocycles. The monoisotopic (exact) mass is 280 g/mol. The summed E-state index contributed by atoms with van der Waals surface area (Å²) in [6.07, 6.45) is 4.14. The van der Waals surface area contributed by atoms with Crippen molar-refractivity contribution in [3.63, 3.8) is 0 Å². The van der Waals surface area contributed by atoms with Crippen molar-refractivity contribution in [2.24, 2.45) is 5.73 Å². The van der Waals surface area contributed by atoms with Crippen molar-refractivity contribution in [3.8, 4) is 0 Å². The van der Waals surface area contributed by atoms with Gasteiger partial charge in [-0.3, -0.25) is 4.98 Å². The molecule has 1 aromatic heterocycles. The van der Waals surface area contributed by atoms with E-state index in [4.69, 9.17) is 5.73 Å². The third kappa shape index (κ3) is 2.20. The molecule has 0 amide bonds. The number of halogens is 1. The molecule has 106 valence electrons. The Hall–Kier alpha value is -2.26. The molecule has 1 atom stereocenters. The molecule has 3 heteroatoms. The first-order chi connectivity index (χ1) is 10.2. The summed E-state index contributed by atoms with van der Waals surface area (Å²) in [6, 6.07) is 14.6. The number of nitrogens with zero attached hydrogens (tertiary/aromatic N) is 1. The van der Waals surface area contributed by atoms with Crippen molar-refractivity contribution >= 4 is 10.8 Å². The maximum Gasteiger partial charge on any atom is 0.128 e. The molecule has 0 aliphatic carbocycles. The second kappa shape index (κ2) is 5.26. The Balaban J connectivity index is 2.30. The van der Waals surface area contributed by atoms with Crippen molar-refractivity contribution in [1.29, 1.82) is 0 Å². The Morgan fingerprint density at radius 2 is 1.81 bits per heavy atom. The Morgan fingerprint density at radius 3 is 2.57 bits per heavy atom. The van der Waals surface area contributed by atoms with Crippen LogP contribution in [0.1, 0.15) is 24.5 Å². The summed E-state index contributed by atoms with van der Waals surface area (Å²) in [5.41, 5.74) is 7.19. The fourth-order valence-electron chi connectivity index (χ4n) is 2.85. The Bertz CT molecular complexity index is 780. The SMILES string of the molecule is CCC(N)(c1ccccc1F)c1cccc2ccncc12. The van der Waals surface area contributed by atoms with Gasteiger partial charge in [0, 0.05) is 23.3 Å². The van der Waals surface area contributed by atoms with Gasteiger partial charge in [0.2, 0.25) is 0 Å². The maximum atomic E-state index is 14.3. The predicted octanol–water partition coefficient (Wildman–Crippen LogP) is 3.99. The number of rotatable bonds is 3. The molecule has 0 radical (unpaired) electrons. The quantitative estimate of drug-likeness (QED) is 0.788. The second-order valence-electron chi connectivity index (χ2n) is 5.21. The van der Waals surface area contributed by atoms with Crippen LogP contribution in [0.25, 0.3) is 10.8 Å². The van der Waals surface area contributed by atoms with Gasteiger partial charge >= 0.3 is 0 Å². The van der Waals surface area contributed by atoms with E-state index in [1.165, 1.54) is 6.07 Å². The number of hydrogen-bond acceptors (Lipinski definition) is 2. The van der Waals surface area contributed by atoms with E-state index in [0.29, 0.717) is 12.0 Å². The first-order valence-corrected chi connectivity index (χ1v) is 7.04. The fraction of sp³-hybridized carbons (Fsp3) is 0.167. The van der Waals surface area contributed by atoms with Crippen LogP contribution in [0, 0.1) is 5.82 Å². The second-order valence-corrected chi connectivity index (χ2v) is 5.21. The zero-order chi connectivity index (χ0) is 14.9. The van der Waals surface area contributed by atoms with Crippen LogP contribution in [0.2, 0.25) is 0 Å². The normalized spacial score (nSPS) is 14.0.